The minimum absolute atomic E-state index is 0.371. The number of furan rings is 1. The summed E-state index contributed by atoms with van der Waals surface area (Å²) in [5.41, 5.74) is 0.371. The molecule has 0 aliphatic carbocycles. The molecule has 0 saturated carbocycles. The lowest BCUT2D eigenvalue weighted by molar-refractivity contribution is 0.0694. The lowest BCUT2D eigenvalue weighted by Gasteiger charge is -2.00. The molecule has 21 heavy (non-hydrogen) atoms. The standard InChI is InChI=1S/C18H30O3/c1-3-5-7-9-11-13-17-16(18(19)20)14-15(21-17)12-10-8-6-4-2/h14H,3-13H2,1-2H3,(H,19,20). The number of aromatic carboxylic acids is 1. The topological polar surface area (TPSA) is 50.4 Å². The third-order valence-electron chi connectivity index (χ3n) is 3.87. The Hall–Kier alpha value is -1.25. The van der Waals surface area contributed by atoms with Crippen LogP contribution >= 0.6 is 0 Å². The van der Waals surface area contributed by atoms with Crippen LogP contribution in [0.25, 0.3) is 0 Å². The Morgan fingerprint density at radius 2 is 1.52 bits per heavy atom. The number of carboxylic acids is 1. The number of hydrogen-bond acceptors (Lipinski definition) is 2. The molecule has 0 aliphatic heterocycles. The van der Waals surface area contributed by atoms with Gasteiger partial charge in [0.1, 0.15) is 17.1 Å². The molecular formula is C18H30O3. The number of rotatable bonds is 12. The molecule has 1 aromatic rings. The largest absolute Gasteiger partial charge is 0.478 e. The van der Waals surface area contributed by atoms with Crippen LogP contribution in [0.5, 0.6) is 0 Å². The van der Waals surface area contributed by atoms with E-state index in [1.807, 2.05) is 0 Å². The molecule has 0 radical (unpaired) electrons. The Bertz CT molecular complexity index is 407. The van der Waals surface area contributed by atoms with Crippen LogP contribution in [0.3, 0.4) is 0 Å². The summed E-state index contributed by atoms with van der Waals surface area (Å²) in [6.07, 6.45) is 12.2. The zero-order valence-corrected chi connectivity index (χ0v) is 13.6. The first-order chi connectivity index (χ1) is 10.2. The second-order valence-electron chi connectivity index (χ2n) is 5.83. The summed E-state index contributed by atoms with van der Waals surface area (Å²) in [4.78, 5) is 11.3. The predicted octanol–water partition coefficient (Wildman–Crippen LogP) is 5.61. The van der Waals surface area contributed by atoms with Crippen molar-refractivity contribution in [3.63, 3.8) is 0 Å². The van der Waals surface area contributed by atoms with Crippen molar-refractivity contribution >= 4 is 5.97 Å². The highest BCUT2D eigenvalue weighted by atomic mass is 16.4. The van der Waals surface area contributed by atoms with Crippen LogP contribution in [0.1, 0.15) is 93.5 Å². The number of aryl methyl sites for hydroxylation is 2. The normalized spacial score (nSPS) is 11.0. The van der Waals surface area contributed by atoms with Crippen LogP contribution in [0.2, 0.25) is 0 Å². The number of carboxylic acid groups (broad SMARTS) is 1. The number of carbonyl (C=O) groups is 1. The van der Waals surface area contributed by atoms with Crippen LogP contribution in [0.15, 0.2) is 10.5 Å². The van der Waals surface area contributed by atoms with Gasteiger partial charge < -0.3 is 9.52 Å². The van der Waals surface area contributed by atoms with E-state index >= 15 is 0 Å². The number of hydrogen-bond donors (Lipinski definition) is 1. The maximum atomic E-state index is 11.3. The lowest BCUT2D eigenvalue weighted by Crippen LogP contribution is -1.98. The van der Waals surface area contributed by atoms with Crippen molar-refractivity contribution in [2.24, 2.45) is 0 Å². The Labute approximate surface area is 128 Å². The van der Waals surface area contributed by atoms with Gasteiger partial charge in [-0.15, -0.1) is 0 Å². The first-order valence-electron chi connectivity index (χ1n) is 8.53. The maximum absolute atomic E-state index is 11.3. The molecule has 3 heteroatoms. The molecular weight excluding hydrogens is 264 g/mol. The molecule has 0 aromatic carbocycles. The van der Waals surface area contributed by atoms with Crippen molar-refractivity contribution in [2.75, 3.05) is 0 Å². The Morgan fingerprint density at radius 1 is 0.952 bits per heavy atom. The predicted molar refractivity (Wildman–Crippen MR) is 86.0 cm³/mol. The summed E-state index contributed by atoms with van der Waals surface area (Å²) in [6, 6.07) is 1.73. The van der Waals surface area contributed by atoms with Gasteiger partial charge >= 0.3 is 5.97 Å². The van der Waals surface area contributed by atoms with Gasteiger partial charge in [-0.3, -0.25) is 0 Å². The Morgan fingerprint density at radius 3 is 2.14 bits per heavy atom. The van der Waals surface area contributed by atoms with Crippen molar-refractivity contribution in [3.8, 4) is 0 Å². The van der Waals surface area contributed by atoms with Crippen LogP contribution in [0, 0.1) is 0 Å². The monoisotopic (exact) mass is 294 g/mol. The zero-order valence-electron chi connectivity index (χ0n) is 13.6. The van der Waals surface area contributed by atoms with Crippen LogP contribution < -0.4 is 0 Å². The quantitative estimate of drug-likeness (QED) is 0.509. The fourth-order valence-corrected chi connectivity index (χ4v) is 2.59. The molecule has 0 atom stereocenters. The fraction of sp³-hybridized carbons (Fsp3) is 0.722. The third-order valence-corrected chi connectivity index (χ3v) is 3.87. The van der Waals surface area contributed by atoms with Crippen molar-refractivity contribution in [1.29, 1.82) is 0 Å². The van der Waals surface area contributed by atoms with E-state index in [0.29, 0.717) is 11.3 Å². The first kappa shape index (κ1) is 17.8. The Kier molecular flexibility index (Phi) is 8.88. The molecule has 0 spiro atoms. The molecule has 0 bridgehead atoms. The summed E-state index contributed by atoms with van der Waals surface area (Å²) in [7, 11) is 0. The second-order valence-corrected chi connectivity index (χ2v) is 5.83. The molecule has 1 aromatic heterocycles. The molecule has 1 N–H and O–H groups in total. The van der Waals surface area contributed by atoms with Gasteiger partial charge in [0.15, 0.2) is 0 Å². The highest BCUT2D eigenvalue weighted by Gasteiger charge is 2.16. The summed E-state index contributed by atoms with van der Waals surface area (Å²) in [5, 5.41) is 9.27. The molecule has 1 heterocycles. The Balaban J connectivity index is 2.48. The molecule has 0 unspecified atom stereocenters. The minimum Gasteiger partial charge on any atom is -0.478 e. The van der Waals surface area contributed by atoms with Gasteiger partial charge in [-0.2, -0.15) is 0 Å². The molecule has 1 rings (SSSR count). The van der Waals surface area contributed by atoms with Crippen molar-refractivity contribution in [3.05, 3.63) is 23.2 Å². The van der Waals surface area contributed by atoms with Gasteiger partial charge in [-0.25, -0.2) is 4.79 Å². The average Bonchev–Trinajstić information content (AvgIpc) is 2.87. The maximum Gasteiger partial charge on any atom is 0.339 e. The minimum atomic E-state index is -0.859. The van der Waals surface area contributed by atoms with E-state index in [0.717, 1.165) is 37.9 Å². The average molecular weight is 294 g/mol. The van der Waals surface area contributed by atoms with Gasteiger partial charge in [0, 0.05) is 12.8 Å². The van der Waals surface area contributed by atoms with Crippen molar-refractivity contribution in [1.82, 2.24) is 0 Å². The molecule has 0 saturated heterocycles. The van der Waals surface area contributed by atoms with E-state index in [-0.39, 0.29) is 0 Å². The van der Waals surface area contributed by atoms with E-state index in [4.69, 9.17) is 4.42 Å². The van der Waals surface area contributed by atoms with E-state index < -0.39 is 5.97 Å². The van der Waals surface area contributed by atoms with Crippen LogP contribution in [-0.2, 0) is 12.8 Å². The van der Waals surface area contributed by atoms with Gasteiger partial charge in [-0.05, 0) is 18.9 Å². The molecule has 0 amide bonds. The summed E-state index contributed by atoms with van der Waals surface area (Å²) >= 11 is 0. The highest BCUT2D eigenvalue weighted by molar-refractivity contribution is 5.88. The highest BCUT2D eigenvalue weighted by Crippen LogP contribution is 2.20. The summed E-state index contributed by atoms with van der Waals surface area (Å²) in [6.45, 7) is 4.38. The van der Waals surface area contributed by atoms with Crippen LogP contribution in [-0.4, -0.2) is 11.1 Å². The van der Waals surface area contributed by atoms with E-state index in [9.17, 15) is 9.90 Å². The van der Waals surface area contributed by atoms with E-state index in [1.54, 1.807) is 6.07 Å². The lowest BCUT2D eigenvalue weighted by atomic mass is 10.1. The molecule has 0 fully saturated rings. The SMILES string of the molecule is CCCCCCCc1oc(CCCCCC)cc1C(=O)O. The molecule has 3 nitrogen and oxygen atoms in total. The number of unbranched alkanes of at least 4 members (excludes halogenated alkanes) is 7. The molecule has 120 valence electrons. The van der Waals surface area contributed by atoms with Gasteiger partial charge in [0.05, 0.1) is 0 Å². The third kappa shape index (κ3) is 6.83. The van der Waals surface area contributed by atoms with Gasteiger partial charge in [-0.1, -0.05) is 58.8 Å². The van der Waals surface area contributed by atoms with E-state index in [2.05, 4.69) is 13.8 Å². The summed E-state index contributed by atoms with van der Waals surface area (Å²) in [5.74, 6) is 0.652. The summed E-state index contributed by atoms with van der Waals surface area (Å²) < 4.78 is 5.78. The van der Waals surface area contributed by atoms with Crippen LogP contribution in [0.4, 0.5) is 0 Å². The fourth-order valence-electron chi connectivity index (χ4n) is 2.59. The first-order valence-corrected chi connectivity index (χ1v) is 8.53. The van der Waals surface area contributed by atoms with Crippen molar-refractivity contribution < 1.29 is 14.3 Å². The zero-order chi connectivity index (χ0) is 15.5. The van der Waals surface area contributed by atoms with E-state index in [1.165, 1.54) is 38.5 Å². The van der Waals surface area contributed by atoms with Gasteiger partial charge in [0.25, 0.3) is 0 Å². The van der Waals surface area contributed by atoms with Gasteiger partial charge in [0.2, 0.25) is 0 Å². The van der Waals surface area contributed by atoms with Crippen molar-refractivity contribution in [2.45, 2.75) is 84.5 Å². The second kappa shape index (κ2) is 10.5. The smallest absolute Gasteiger partial charge is 0.339 e. The molecule has 0 aliphatic rings.